The van der Waals surface area contributed by atoms with Crippen molar-refractivity contribution in [1.82, 2.24) is 15.1 Å². The van der Waals surface area contributed by atoms with Crippen molar-refractivity contribution in [2.45, 2.75) is 25.2 Å². The Balaban J connectivity index is 1.53. The van der Waals surface area contributed by atoms with Crippen LogP contribution in [0.25, 0.3) is 11.1 Å². The van der Waals surface area contributed by atoms with Crippen LogP contribution in [0, 0.1) is 0 Å². The highest BCUT2D eigenvalue weighted by atomic mass is 16.1. The molecule has 28 heavy (non-hydrogen) atoms. The summed E-state index contributed by atoms with van der Waals surface area (Å²) in [6.45, 7) is 0.989. The minimum absolute atomic E-state index is 0.134. The lowest BCUT2D eigenvalue weighted by Gasteiger charge is -2.10. The zero-order valence-electron chi connectivity index (χ0n) is 16.4. The number of likely N-dealkylation sites (N-methyl/N-ethyl adjacent to an activating group) is 1. The third-order valence-electron chi connectivity index (χ3n) is 5.14. The second kappa shape index (κ2) is 7.98. The van der Waals surface area contributed by atoms with Gasteiger partial charge in [-0.1, -0.05) is 42.5 Å². The molecule has 5 heteroatoms. The maximum absolute atomic E-state index is 12.8. The summed E-state index contributed by atoms with van der Waals surface area (Å²) in [6, 6.07) is 18.0. The van der Waals surface area contributed by atoms with E-state index in [2.05, 4.69) is 46.6 Å². The second-order valence-electron chi connectivity index (χ2n) is 7.71. The molecule has 1 fully saturated rings. The summed E-state index contributed by atoms with van der Waals surface area (Å²) >= 11 is 0. The number of aromatic amines is 1. The van der Waals surface area contributed by atoms with Crippen LogP contribution in [0.1, 0.15) is 40.4 Å². The summed E-state index contributed by atoms with van der Waals surface area (Å²) in [5.74, 6) is 0.990. The fourth-order valence-electron chi connectivity index (χ4n) is 3.37. The standard InChI is InChI=1S/C23H26N4O/c1-27(2)15-14-16-8-10-19(11-9-16)23(28)24-22-20(17-6-4-3-5-7-17)21(25-26-22)18-12-13-18/h3-11,18H,12-15H2,1-2H3,(H2,24,25,26,28). The number of nitrogens with zero attached hydrogens (tertiary/aromatic N) is 2. The number of hydrogen-bond donors (Lipinski definition) is 2. The first-order chi connectivity index (χ1) is 13.6. The Morgan fingerprint density at radius 2 is 1.82 bits per heavy atom. The molecule has 0 aliphatic heterocycles. The number of rotatable bonds is 7. The number of anilines is 1. The van der Waals surface area contributed by atoms with E-state index in [1.807, 2.05) is 42.5 Å². The largest absolute Gasteiger partial charge is 0.309 e. The molecule has 0 radical (unpaired) electrons. The SMILES string of the molecule is CN(C)CCc1ccc(C(=O)Nc2n[nH]c(C3CC3)c2-c2ccccc2)cc1. The summed E-state index contributed by atoms with van der Waals surface area (Å²) in [4.78, 5) is 15.0. The average molecular weight is 374 g/mol. The van der Waals surface area contributed by atoms with Crippen molar-refractivity contribution in [1.29, 1.82) is 0 Å². The minimum atomic E-state index is -0.134. The molecule has 1 saturated carbocycles. The van der Waals surface area contributed by atoms with Crippen LogP contribution in [-0.2, 0) is 6.42 Å². The number of nitrogens with one attached hydrogen (secondary N) is 2. The van der Waals surface area contributed by atoms with Crippen LogP contribution in [0.2, 0.25) is 0 Å². The van der Waals surface area contributed by atoms with Crippen LogP contribution < -0.4 is 5.32 Å². The maximum atomic E-state index is 12.8. The molecule has 0 atom stereocenters. The molecule has 0 unspecified atom stereocenters. The Kier molecular flexibility index (Phi) is 5.26. The first-order valence-corrected chi connectivity index (χ1v) is 9.80. The van der Waals surface area contributed by atoms with E-state index < -0.39 is 0 Å². The van der Waals surface area contributed by atoms with Gasteiger partial charge in [0.1, 0.15) is 0 Å². The van der Waals surface area contributed by atoms with Gasteiger partial charge in [-0.15, -0.1) is 0 Å². The van der Waals surface area contributed by atoms with Crippen LogP contribution in [0.3, 0.4) is 0 Å². The molecule has 1 heterocycles. The number of hydrogen-bond acceptors (Lipinski definition) is 3. The van der Waals surface area contributed by atoms with Crippen LogP contribution in [-0.4, -0.2) is 41.6 Å². The predicted molar refractivity (Wildman–Crippen MR) is 113 cm³/mol. The van der Waals surface area contributed by atoms with Crippen molar-refractivity contribution in [2.75, 3.05) is 26.0 Å². The van der Waals surface area contributed by atoms with Gasteiger partial charge in [-0.3, -0.25) is 9.89 Å². The molecule has 1 aliphatic rings. The lowest BCUT2D eigenvalue weighted by Crippen LogP contribution is -2.15. The average Bonchev–Trinajstić information content (AvgIpc) is 3.48. The van der Waals surface area contributed by atoms with Gasteiger partial charge in [-0.25, -0.2) is 0 Å². The molecular weight excluding hydrogens is 348 g/mol. The molecule has 0 bridgehead atoms. The quantitative estimate of drug-likeness (QED) is 0.648. The fraction of sp³-hybridized carbons (Fsp3) is 0.304. The molecule has 144 valence electrons. The molecule has 0 saturated heterocycles. The number of H-pyrrole nitrogens is 1. The van der Waals surface area contributed by atoms with E-state index in [1.54, 1.807) is 0 Å². The number of benzene rings is 2. The molecule has 3 aromatic rings. The van der Waals surface area contributed by atoms with Gasteiger partial charge in [0.2, 0.25) is 0 Å². The summed E-state index contributed by atoms with van der Waals surface area (Å²) in [7, 11) is 4.12. The molecule has 2 aromatic carbocycles. The number of carbonyl (C=O) groups is 1. The van der Waals surface area contributed by atoms with E-state index in [-0.39, 0.29) is 5.91 Å². The van der Waals surface area contributed by atoms with Crippen molar-refractivity contribution in [3.05, 3.63) is 71.4 Å². The lowest BCUT2D eigenvalue weighted by atomic mass is 10.0. The summed E-state index contributed by atoms with van der Waals surface area (Å²) in [5, 5.41) is 10.6. The molecule has 1 amide bonds. The van der Waals surface area contributed by atoms with Gasteiger partial charge >= 0.3 is 0 Å². The van der Waals surface area contributed by atoms with Crippen LogP contribution >= 0.6 is 0 Å². The summed E-state index contributed by atoms with van der Waals surface area (Å²) in [5.41, 5.74) is 5.08. The Bertz CT molecular complexity index is 940. The Hall–Kier alpha value is -2.92. The monoisotopic (exact) mass is 374 g/mol. The predicted octanol–water partition coefficient (Wildman–Crippen LogP) is 4.31. The highest BCUT2D eigenvalue weighted by Crippen LogP contribution is 2.45. The minimum Gasteiger partial charge on any atom is -0.309 e. The van der Waals surface area contributed by atoms with Crippen molar-refractivity contribution in [3.63, 3.8) is 0 Å². The van der Waals surface area contributed by atoms with Gasteiger partial charge in [0.15, 0.2) is 5.82 Å². The van der Waals surface area contributed by atoms with Crippen LogP contribution in [0.4, 0.5) is 5.82 Å². The smallest absolute Gasteiger partial charge is 0.256 e. The van der Waals surface area contributed by atoms with E-state index in [0.29, 0.717) is 17.3 Å². The van der Waals surface area contributed by atoms with Gasteiger partial charge in [0.25, 0.3) is 5.91 Å². The number of carbonyl (C=O) groups excluding carboxylic acids is 1. The zero-order valence-corrected chi connectivity index (χ0v) is 16.4. The van der Waals surface area contributed by atoms with Crippen molar-refractivity contribution in [3.8, 4) is 11.1 Å². The number of aromatic nitrogens is 2. The molecule has 4 rings (SSSR count). The van der Waals surface area contributed by atoms with E-state index in [0.717, 1.165) is 29.8 Å². The van der Waals surface area contributed by atoms with Crippen molar-refractivity contribution >= 4 is 11.7 Å². The molecule has 1 aliphatic carbocycles. The first-order valence-electron chi connectivity index (χ1n) is 9.80. The maximum Gasteiger partial charge on any atom is 0.256 e. The van der Waals surface area contributed by atoms with Gasteiger partial charge in [0, 0.05) is 29.3 Å². The molecule has 1 aromatic heterocycles. The van der Waals surface area contributed by atoms with Gasteiger partial charge in [-0.05, 0) is 56.6 Å². The molecule has 2 N–H and O–H groups in total. The van der Waals surface area contributed by atoms with E-state index in [1.165, 1.54) is 18.4 Å². The van der Waals surface area contributed by atoms with E-state index in [9.17, 15) is 4.79 Å². The highest BCUT2D eigenvalue weighted by Gasteiger charge is 2.30. The Morgan fingerprint density at radius 3 is 2.46 bits per heavy atom. The van der Waals surface area contributed by atoms with Crippen molar-refractivity contribution < 1.29 is 4.79 Å². The zero-order chi connectivity index (χ0) is 19.5. The third kappa shape index (κ3) is 4.15. The fourth-order valence-corrected chi connectivity index (χ4v) is 3.37. The van der Waals surface area contributed by atoms with E-state index in [4.69, 9.17) is 0 Å². The van der Waals surface area contributed by atoms with Gasteiger partial charge < -0.3 is 10.2 Å². The van der Waals surface area contributed by atoms with Gasteiger partial charge in [-0.2, -0.15) is 5.10 Å². The van der Waals surface area contributed by atoms with Crippen LogP contribution in [0.5, 0.6) is 0 Å². The highest BCUT2D eigenvalue weighted by molar-refractivity contribution is 6.05. The van der Waals surface area contributed by atoms with Gasteiger partial charge in [0.05, 0.1) is 0 Å². The summed E-state index contributed by atoms with van der Waals surface area (Å²) in [6.07, 6.45) is 3.31. The topological polar surface area (TPSA) is 61.0 Å². The van der Waals surface area contributed by atoms with Crippen LogP contribution in [0.15, 0.2) is 54.6 Å². The molecular formula is C23H26N4O. The lowest BCUT2D eigenvalue weighted by molar-refractivity contribution is 0.102. The van der Waals surface area contributed by atoms with E-state index >= 15 is 0 Å². The molecule has 5 nitrogen and oxygen atoms in total. The Morgan fingerprint density at radius 1 is 1.11 bits per heavy atom. The Labute approximate surface area is 165 Å². The molecule has 0 spiro atoms. The normalized spacial score (nSPS) is 13.7. The second-order valence-corrected chi connectivity index (χ2v) is 7.71. The van der Waals surface area contributed by atoms with Crippen molar-refractivity contribution in [2.24, 2.45) is 0 Å². The number of amides is 1. The summed E-state index contributed by atoms with van der Waals surface area (Å²) < 4.78 is 0. The first kappa shape index (κ1) is 18.4. The third-order valence-corrected chi connectivity index (χ3v) is 5.14.